The Bertz CT molecular complexity index is 237. The minimum absolute atomic E-state index is 0. The summed E-state index contributed by atoms with van der Waals surface area (Å²) in [5.74, 6) is 1.61. The number of amides is 1. The van der Waals surface area contributed by atoms with E-state index in [-0.39, 0.29) is 30.3 Å². The van der Waals surface area contributed by atoms with E-state index in [9.17, 15) is 4.79 Å². The number of rotatable bonds is 5. The second kappa shape index (κ2) is 5.37. The molecule has 2 aliphatic carbocycles. The molecule has 0 saturated heterocycles. The summed E-state index contributed by atoms with van der Waals surface area (Å²) in [7, 11) is 0. The molecule has 2 saturated carbocycles. The maximum atomic E-state index is 11.9. The fourth-order valence-corrected chi connectivity index (χ4v) is 2.07. The largest absolute Gasteiger partial charge is 0.353 e. The molecule has 2 unspecified atom stereocenters. The van der Waals surface area contributed by atoms with Crippen molar-refractivity contribution in [1.29, 1.82) is 0 Å². The summed E-state index contributed by atoms with van der Waals surface area (Å²) in [6.45, 7) is 3.81. The van der Waals surface area contributed by atoms with Crippen molar-refractivity contribution in [2.75, 3.05) is 0 Å². The predicted octanol–water partition coefficient (Wildman–Crippen LogP) is 1.70. The summed E-state index contributed by atoms with van der Waals surface area (Å²) in [6.07, 6.45) is 5.20. The van der Waals surface area contributed by atoms with E-state index in [1.165, 1.54) is 25.7 Å². The third kappa shape index (κ3) is 3.36. The van der Waals surface area contributed by atoms with Gasteiger partial charge < -0.3 is 11.1 Å². The zero-order chi connectivity index (χ0) is 11.0. The van der Waals surface area contributed by atoms with E-state index in [0.29, 0.717) is 6.04 Å². The van der Waals surface area contributed by atoms with Crippen LogP contribution < -0.4 is 11.1 Å². The summed E-state index contributed by atoms with van der Waals surface area (Å²) in [5.41, 5.74) is 5.74. The van der Waals surface area contributed by atoms with Gasteiger partial charge in [0.1, 0.15) is 0 Å². The Morgan fingerprint density at radius 2 is 1.62 bits per heavy atom. The Morgan fingerprint density at radius 3 is 1.94 bits per heavy atom. The van der Waals surface area contributed by atoms with Crippen LogP contribution in [0.3, 0.4) is 0 Å². The monoisotopic (exact) mass is 246 g/mol. The van der Waals surface area contributed by atoms with Crippen molar-refractivity contribution >= 4 is 18.3 Å². The third-order valence-corrected chi connectivity index (χ3v) is 3.77. The van der Waals surface area contributed by atoms with Gasteiger partial charge in [-0.25, -0.2) is 0 Å². The molecule has 2 atom stereocenters. The Kier molecular flexibility index (Phi) is 4.62. The minimum Gasteiger partial charge on any atom is -0.353 e. The van der Waals surface area contributed by atoms with Crippen LogP contribution in [0.15, 0.2) is 0 Å². The van der Waals surface area contributed by atoms with E-state index in [0.717, 1.165) is 11.8 Å². The van der Waals surface area contributed by atoms with Crippen molar-refractivity contribution in [2.45, 2.75) is 51.6 Å². The highest BCUT2D eigenvalue weighted by molar-refractivity contribution is 5.85. The predicted molar refractivity (Wildman–Crippen MR) is 67.4 cm³/mol. The number of nitrogens with one attached hydrogen (secondary N) is 1. The quantitative estimate of drug-likeness (QED) is 0.776. The first-order chi connectivity index (χ1) is 7.09. The molecule has 4 heteroatoms. The molecule has 0 heterocycles. The number of carbonyl (C=O) groups excluding carboxylic acids is 1. The molecule has 94 valence electrons. The SMILES string of the molecule is CC(N)C(C)C(=O)NC(C1CC1)C1CC1.Cl. The molecular weight excluding hydrogens is 224 g/mol. The molecular formula is C12H23ClN2O. The number of carbonyl (C=O) groups is 1. The van der Waals surface area contributed by atoms with E-state index < -0.39 is 0 Å². The van der Waals surface area contributed by atoms with Crippen LogP contribution in [0.2, 0.25) is 0 Å². The molecule has 2 rings (SSSR count). The van der Waals surface area contributed by atoms with Gasteiger partial charge in [-0.2, -0.15) is 0 Å². The number of halogens is 1. The van der Waals surface area contributed by atoms with Crippen LogP contribution in [0.5, 0.6) is 0 Å². The van der Waals surface area contributed by atoms with Crippen molar-refractivity contribution in [2.24, 2.45) is 23.5 Å². The van der Waals surface area contributed by atoms with Gasteiger partial charge in [0.05, 0.1) is 0 Å². The van der Waals surface area contributed by atoms with Crippen molar-refractivity contribution in [3.05, 3.63) is 0 Å². The summed E-state index contributed by atoms with van der Waals surface area (Å²) < 4.78 is 0. The van der Waals surface area contributed by atoms with Crippen molar-refractivity contribution in [3.8, 4) is 0 Å². The second-order valence-corrected chi connectivity index (χ2v) is 5.36. The molecule has 0 spiro atoms. The van der Waals surface area contributed by atoms with E-state index in [1.54, 1.807) is 0 Å². The topological polar surface area (TPSA) is 55.1 Å². The van der Waals surface area contributed by atoms with Crippen molar-refractivity contribution < 1.29 is 4.79 Å². The van der Waals surface area contributed by atoms with Gasteiger partial charge in [0, 0.05) is 18.0 Å². The lowest BCUT2D eigenvalue weighted by Crippen LogP contribution is -2.45. The average molecular weight is 247 g/mol. The Hall–Kier alpha value is -0.280. The van der Waals surface area contributed by atoms with Crippen molar-refractivity contribution in [1.82, 2.24) is 5.32 Å². The van der Waals surface area contributed by atoms with Crippen LogP contribution in [0, 0.1) is 17.8 Å². The van der Waals surface area contributed by atoms with Crippen LogP contribution >= 0.6 is 12.4 Å². The Balaban J connectivity index is 0.00000128. The highest BCUT2D eigenvalue weighted by atomic mass is 35.5. The van der Waals surface area contributed by atoms with Gasteiger partial charge >= 0.3 is 0 Å². The van der Waals surface area contributed by atoms with Gasteiger partial charge in [-0.15, -0.1) is 12.4 Å². The molecule has 0 aliphatic heterocycles. The van der Waals surface area contributed by atoms with Gasteiger partial charge in [-0.3, -0.25) is 4.79 Å². The molecule has 2 aliphatic rings. The zero-order valence-electron chi connectivity index (χ0n) is 10.1. The average Bonchev–Trinajstić information content (AvgIpc) is 3.03. The number of hydrogen-bond donors (Lipinski definition) is 2. The fraction of sp³-hybridized carbons (Fsp3) is 0.917. The molecule has 0 aromatic carbocycles. The maximum Gasteiger partial charge on any atom is 0.224 e. The van der Waals surface area contributed by atoms with E-state index >= 15 is 0 Å². The molecule has 1 amide bonds. The van der Waals surface area contributed by atoms with Crippen LogP contribution in [0.1, 0.15) is 39.5 Å². The van der Waals surface area contributed by atoms with Crippen molar-refractivity contribution in [3.63, 3.8) is 0 Å². The van der Waals surface area contributed by atoms with Crippen LogP contribution in [0.4, 0.5) is 0 Å². The lowest BCUT2D eigenvalue weighted by molar-refractivity contribution is -0.126. The second-order valence-electron chi connectivity index (χ2n) is 5.36. The van der Waals surface area contributed by atoms with Gasteiger partial charge in [0.25, 0.3) is 0 Å². The smallest absolute Gasteiger partial charge is 0.224 e. The highest BCUT2D eigenvalue weighted by Gasteiger charge is 2.42. The van der Waals surface area contributed by atoms with Crippen LogP contribution in [0.25, 0.3) is 0 Å². The molecule has 3 N–H and O–H groups in total. The molecule has 2 fully saturated rings. The highest BCUT2D eigenvalue weighted by Crippen LogP contribution is 2.44. The molecule has 0 aromatic rings. The van der Waals surface area contributed by atoms with Crippen LogP contribution in [-0.2, 0) is 4.79 Å². The first-order valence-electron chi connectivity index (χ1n) is 6.15. The molecule has 0 radical (unpaired) electrons. The molecule has 0 bridgehead atoms. The first-order valence-corrected chi connectivity index (χ1v) is 6.15. The lowest BCUT2D eigenvalue weighted by Gasteiger charge is -2.22. The van der Waals surface area contributed by atoms with E-state index in [4.69, 9.17) is 5.73 Å². The normalized spacial score (nSPS) is 23.5. The van der Waals surface area contributed by atoms with Gasteiger partial charge in [-0.05, 0) is 44.4 Å². The zero-order valence-corrected chi connectivity index (χ0v) is 10.9. The summed E-state index contributed by atoms with van der Waals surface area (Å²) in [6, 6.07) is 0.405. The number of hydrogen-bond acceptors (Lipinski definition) is 2. The summed E-state index contributed by atoms with van der Waals surface area (Å²) >= 11 is 0. The molecule has 0 aromatic heterocycles. The standard InChI is InChI=1S/C12H22N2O.ClH/c1-7(8(2)13)12(15)14-11(9-3-4-9)10-5-6-10;/h7-11H,3-6,13H2,1-2H3,(H,14,15);1H. The Labute approximate surface area is 104 Å². The third-order valence-electron chi connectivity index (χ3n) is 3.77. The first kappa shape index (κ1) is 13.8. The lowest BCUT2D eigenvalue weighted by atomic mass is 10.0. The summed E-state index contributed by atoms with van der Waals surface area (Å²) in [4.78, 5) is 11.9. The van der Waals surface area contributed by atoms with Gasteiger partial charge in [0.15, 0.2) is 0 Å². The maximum absolute atomic E-state index is 11.9. The Morgan fingerprint density at radius 1 is 1.19 bits per heavy atom. The summed E-state index contributed by atoms with van der Waals surface area (Å²) in [5, 5.41) is 3.20. The van der Waals surface area contributed by atoms with Gasteiger partial charge in [-0.1, -0.05) is 6.92 Å². The van der Waals surface area contributed by atoms with Crippen LogP contribution in [-0.4, -0.2) is 18.0 Å². The van der Waals surface area contributed by atoms with E-state index in [2.05, 4.69) is 5.32 Å². The van der Waals surface area contributed by atoms with E-state index in [1.807, 2.05) is 13.8 Å². The molecule has 16 heavy (non-hydrogen) atoms. The fourth-order valence-electron chi connectivity index (χ4n) is 2.07. The van der Waals surface area contributed by atoms with Gasteiger partial charge in [0.2, 0.25) is 5.91 Å². The molecule has 3 nitrogen and oxygen atoms in total. The minimum atomic E-state index is -0.0648. The number of nitrogens with two attached hydrogens (primary N) is 1.